The van der Waals surface area contributed by atoms with Crippen molar-refractivity contribution in [1.29, 1.82) is 0 Å². The van der Waals surface area contributed by atoms with E-state index < -0.39 is 5.41 Å². The maximum Gasteiger partial charge on any atom is 0.348 e. The van der Waals surface area contributed by atoms with Gasteiger partial charge in [0, 0.05) is 0 Å². The van der Waals surface area contributed by atoms with E-state index in [1.165, 1.54) is 12.8 Å². The quantitative estimate of drug-likeness (QED) is 0.305. The number of hydrogen-bond donors (Lipinski definition) is 0. The highest BCUT2D eigenvalue weighted by Gasteiger charge is 2.33. The van der Waals surface area contributed by atoms with E-state index >= 15 is 0 Å². The van der Waals surface area contributed by atoms with Gasteiger partial charge in [0.2, 0.25) is 0 Å². The molecule has 1 atom stereocenters. The van der Waals surface area contributed by atoms with E-state index in [1.807, 2.05) is 13.8 Å². The van der Waals surface area contributed by atoms with Crippen LogP contribution < -0.4 is 0 Å². The van der Waals surface area contributed by atoms with Gasteiger partial charge in [-0.3, -0.25) is 4.89 Å². The first-order chi connectivity index (χ1) is 8.96. The number of carbonyl (C=O) groups is 1. The predicted octanol–water partition coefficient (Wildman–Crippen LogP) is 4.89. The third-order valence-electron chi connectivity index (χ3n) is 3.76. The minimum Gasteiger partial charge on any atom is -0.298 e. The van der Waals surface area contributed by atoms with Gasteiger partial charge < -0.3 is 0 Å². The topological polar surface area (TPSA) is 35.5 Å². The Hall–Kier alpha value is -0.570. The number of unbranched alkanes of at least 4 members (excludes halogenated alkanes) is 3. The van der Waals surface area contributed by atoms with Crippen LogP contribution in [0.4, 0.5) is 0 Å². The van der Waals surface area contributed by atoms with E-state index in [0.29, 0.717) is 12.5 Å². The van der Waals surface area contributed by atoms with Crippen LogP contribution in [-0.2, 0) is 14.6 Å². The fraction of sp³-hybridized carbons (Fsp3) is 0.938. The number of carbonyl (C=O) groups excluding carboxylic acids is 1. The highest BCUT2D eigenvalue weighted by Crippen LogP contribution is 2.30. The molecule has 19 heavy (non-hydrogen) atoms. The fourth-order valence-corrected chi connectivity index (χ4v) is 1.81. The fourth-order valence-electron chi connectivity index (χ4n) is 1.81. The van der Waals surface area contributed by atoms with Crippen molar-refractivity contribution >= 4 is 5.97 Å². The molecule has 0 N–H and O–H groups in total. The molecule has 3 heteroatoms. The molecular formula is C16H32O3. The molecule has 0 fully saturated rings. The molecule has 0 saturated heterocycles. The van der Waals surface area contributed by atoms with Gasteiger partial charge in [0.15, 0.2) is 0 Å². The molecule has 0 rings (SSSR count). The summed E-state index contributed by atoms with van der Waals surface area (Å²) in [7, 11) is 0. The Morgan fingerprint density at radius 2 is 1.84 bits per heavy atom. The molecule has 0 aliphatic carbocycles. The predicted molar refractivity (Wildman–Crippen MR) is 78.7 cm³/mol. The molecule has 0 radical (unpaired) electrons. The van der Waals surface area contributed by atoms with Crippen molar-refractivity contribution in [2.24, 2.45) is 11.3 Å². The summed E-state index contributed by atoms with van der Waals surface area (Å²) < 4.78 is 0. The minimum absolute atomic E-state index is 0.217. The summed E-state index contributed by atoms with van der Waals surface area (Å²) in [5, 5.41) is 0. The van der Waals surface area contributed by atoms with Crippen LogP contribution in [-0.4, -0.2) is 12.6 Å². The second kappa shape index (κ2) is 10.2. The minimum atomic E-state index is -0.409. The Balaban J connectivity index is 3.93. The van der Waals surface area contributed by atoms with Crippen molar-refractivity contribution in [3.05, 3.63) is 0 Å². The summed E-state index contributed by atoms with van der Waals surface area (Å²) in [5.41, 5.74) is -0.409. The normalized spacial score (nSPS) is 14.4. The summed E-state index contributed by atoms with van der Waals surface area (Å²) >= 11 is 0. The van der Waals surface area contributed by atoms with Crippen molar-refractivity contribution in [3.8, 4) is 0 Å². The molecule has 0 aliphatic rings. The molecule has 114 valence electrons. The van der Waals surface area contributed by atoms with Crippen molar-refractivity contribution in [1.82, 2.24) is 0 Å². The third kappa shape index (κ3) is 8.25. The van der Waals surface area contributed by atoms with E-state index in [4.69, 9.17) is 9.78 Å². The Morgan fingerprint density at radius 3 is 2.37 bits per heavy atom. The first kappa shape index (κ1) is 18.4. The van der Waals surface area contributed by atoms with Gasteiger partial charge in [-0.2, -0.15) is 4.89 Å². The van der Waals surface area contributed by atoms with Crippen LogP contribution in [0.1, 0.15) is 79.6 Å². The van der Waals surface area contributed by atoms with E-state index in [0.717, 1.165) is 32.1 Å². The molecule has 3 nitrogen and oxygen atoms in total. The molecule has 0 saturated carbocycles. The van der Waals surface area contributed by atoms with Gasteiger partial charge in [-0.25, -0.2) is 4.79 Å². The average molecular weight is 272 g/mol. The summed E-state index contributed by atoms with van der Waals surface area (Å²) in [6, 6.07) is 0. The lowest BCUT2D eigenvalue weighted by atomic mass is 9.81. The molecule has 1 unspecified atom stereocenters. The second-order valence-electron chi connectivity index (χ2n) is 6.10. The standard InChI is InChI=1S/C16H32O3/c1-6-8-9-10-13-18-19-15(17)16(5,7-2)12-11-14(3)4/h14H,6-13H2,1-5H3. The maximum atomic E-state index is 12.1. The Morgan fingerprint density at radius 1 is 1.16 bits per heavy atom. The van der Waals surface area contributed by atoms with Gasteiger partial charge in [-0.15, -0.1) is 0 Å². The maximum absolute atomic E-state index is 12.1. The Labute approximate surface area is 119 Å². The molecule has 0 amide bonds. The second-order valence-corrected chi connectivity index (χ2v) is 6.10. The molecule has 0 aromatic heterocycles. The van der Waals surface area contributed by atoms with Gasteiger partial charge in [0.05, 0.1) is 12.0 Å². The van der Waals surface area contributed by atoms with E-state index in [1.54, 1.807) is 0 Å². The Kier molecular flexibility index (Phi) is 9.94. The van der Waals surface area contributed by atoms with Crippen molar-refractivity contribution in [2.75, 3.05) is 6.61 Å². The highest BCUT2D eigenvalue weighted by molar-refractivity contribution is 5.75. The van der Waals surface area contributed by atoms with Gasteiger partial charge in [-0.1, -0.05) is 47.0 Å². The molecule has 0 heterocycles. The lowest BCUT2D eigenvalue weighted by Crippen LogP contribution is -2.30. The summed E-state index contributed by atoms with van der Waals surface area (Å²) in [6.45, 7) is 11.0. The van der Waals surface area contributed by atoms with Crippen LogP contribution in [0.5, 0.6) is 0 Å². The zero-order valence-corrected chi connectivity index (χ0v) is 13.5. The molecule has 0 aromatic carbocycles. The third-order valence-corrected chi connectivity index (χ3v) is 3.76. The zero-order chi connectivity index (χ0) is 14.7. The van der Waals surface area contributed by atoms with Crippen molar-refractivity contribution in [2.45, 2.75) is 79.6 Å². The lowest BCUT2D eigenvalue weighted by molar-refractivity contribution is -0.281. The first-order valence-electron chi connectivity index (χ1n) is 7.80. The molecule has 0 bridgehead atoms. The molecular weight excluding hydrogens is 240 g/mol. The summed E-state index contributed by atoms with van der Waals surface area (Å²) in [4.78, 5) is 22.1. The molecule has 0 aromatic rings. The number of rotatable bonds is 11. The lowest BCUT2D eigenvalue weighted by Gasteiger charge is -2.25. The monoisotopic (exact) mass is 272 g/mol. The van der Waals surface area contributed by atoms with Gasteiger partial charge in [0.1, 0.15) is 0 Å². The van der Waals surface area contributed by atoms with Crippen LogP contribution in [0.2, 0.25) is 0 Å². The van der Waals surface area contributed by atoms with Crippen LogP contribution in [0.15, 0.2) is 0 Å². The largest absolute Gasteiger partial charge is 0.348 e. The molecule has 0 aliphatic heterocycles. The van der Waals surface area contributed by atoms with Crippen LogP contribution in [0, 0.1) is 11.3 Å². The summed E-state index contributed by atoms with van der Waals surface area (Å²) in [5.74, 6) is 0.389. The Bertz CT molecular complexity index is 238. The number of hydrogen-bond acceptors (Lipinski definition) is 3. The first-order valence-corrected chi connectivity index (χ1v) is 7.80. The van der Waals surface area contributed by atoms with Crippen LogP contribution >= 0.6 is 0 Å². The SMILES string of the molecule is CCCCCCOOC(=O)C(C)(CC)CCC(C)C. The molecule has 0 spiro atoms. The van der Waals surface area contributed by atoms with Crippen LogP contribution in [0.25, 0.3) is 0 Å². The van der Waals surface area contributed by atoms with Crippen molar-refractivity contribution in [3.63, 3.8) is 0 Å². The van der Waals surface area contributed by atoms with Gasteiger partial charge in [-0.05, 0) is 38.5 Å². The van der Waals surface area contributed by atoms with Gasteiger partial charge in [0.25, 0.3) is 0 Å². The smallest absolute Gasteiger partial charge is 0.298 e. The van der Waals surface area contributed by atoms with Crippen molar-refractivity contribution < 1.29 is 14.6 Å². The highest BCUT2D eigenvalue weighted by atomic mass is 17.2. The van der Waals surface area contributed by atoms with Gasteiger partial charge >= 0.3 is 5.97 Å². The van der Waals surface area contributed by atoms with E-state index in [-0.39, 0.29) is 5.97 Å². The summed E-state index contributed by atoms with van der Waals surface area (Å²) in [6.07, 6.45) is 7.18. The van der Waals surface area contributed by atoms with E-state index in [9.17, 15) is 4.79 Å². The van der Waals surface area contributed by atoms with E-state index in [2.05, 4.69) is 20.8 Å². The van der Waals surface area contributed by atoms with Crippen LogP contribution in [0.3, 0.4) is 0 Å². The average Bonchev–Trinajstić information content (AvgIpc) is 2.39. The zero-order valence-electron chi connectivity index (χ0n) is 13.5.